The molecule has 1 amide bonds. The van der Waals surface area contributed by atoms with Crippen LogP contribution in [0.3, 0.4) is 0 Å². The van der Waals surface area contributed by atoms with Crippen LogP contribution in [0, 0.1) is 5.82 Å². The third kappa shape index (κ3) is 3.54. The van der Waals surface area contributed by atoms with E-state index in [1.807, 2.05) is 7.05 Å². The maximum absolute atomic E-state index is 14.0. The summed E-state index contributed by atoms with van der Waals surface area (Å²) in [5.41, 5.74) is 1.22. The lowest BCUT2D eigenvalue weighted by Crippen LogP contribution is -2.47. The number of likely N-dealkylation sites (N-methyl/N-ethyl adjacent to an activating group) is 1. The molecular formula is C16H20ClFN4O. The Kier molecular flexibility index (Phi) is 5.74. The standard InChI is InChI=1S/C16H19FN4O.ClH/c1-18-11-5-4-8-21(10-11)16(22)13-9-19-20-15(13)12-6-2-3-7-14(12)17;/h2-3,6-7,9,11,18H,4-5,8,10H2,1H3,(H,19,20);1H. The summed E-state index contributed by atoms with van der Waals surface area (Å²) in [5.74, 6) is -0.473. The number of halogens is 2. The summed E-state index contributed by atoms with van der Waals surface area (Å²) in [5, 5.41) is 9.91. The molecule has 1 unspecified atom stereocenters. The average molecular weight is 339 g/mol. The van der Waals surface area contributed by atoms with Crippen molar-refractivity contribution in [1.29, 1.82) is 0 Å². The van der Waals surface area contributed by atoms with Gasteiger partial charge in [0.15, 0.2) is 0 Å². The third-order valence-electron chi connectivity index (χ3n) is 4.13. The SMILES string of the molecule is CNC1CCCN(C(=O)c2cn[nH]c2-c2ccccc2F)C1.Cl. The number of carbonyl (C=O) groups is 1. The van der Waals surface area contributed by atoms with E-state index >= 15 is 0 Å². The van der Waals surface area contributed by atoms with Crippen molar-refractivity contribution in [3.63, 3.8) is 0 Å². The zero-order valence-electron chi connectivity index (χ0n) is 12.9. The maximum atomic E-state index is 14.0. The average Bonchev–Trinajstić information content (AvgIpc) is 3.04. The fourth-order valence-electron chi connectivity index (χ4n) is 2.89. The highest BCUT2D eigenvalue weighted by molar-refractivity contribution is 5.99. The van der Waals surface area contributed by atoms with Crippen molar-refractivity contribution in [3.8, 4) is 11.3 Å². The summed E-state index contributed by atoms with van der Waals surface area (Å²) in [7, 11) is 1.90. The van der Waals surface area contributed by atoms with E-state index in [0.717, 1.165) is 19.4 Å². The van der Waals surface area contributed by atoms with E-state index in [1.54, 1.807) is 23.1 Å². The first-order valence-electron chi connectivity index (χ1n) is 7.45. The first-order valence-corrected chi connectivity index (χ1v) is 7.45. The predicted octanol–water partition coefficient (Wildman–Crippen LogP) is 2.46. The second kappa shape index (κ2) is 7.57. The molecule has 7 heteroatoms. The van der Waals surface area contributed by atoms with Crippen LogP contribution in [0.1, 0.15) is 23.2 Å². The second-order valence-electron chi connectivity index (χ2n) is 5.52. The van der Waals surface area contributed by atoms with Crippen molar-refractivity contribution in [3.05, 3.63) is 41.8 Å². The lowest BCUT2D eigenvalue weighted by molar-refractivity contribution is 0.0699. The summed E-state index contributed by atoms with van der Waals surface area (Å²) >= 11 is 0. The Labute approximate surface area is 140 Å². The van der Waals surface area contributed by atoms with Crippen molar-refractivity contribution in [2.45, 2.75) is 18.9 Å². The molecule has 0 bridgehead atoms. The number of hydrogen-bond acceptors (Lipinski definition) is 3. The number of amides is 1. The van der Waals surface area contributed by atoms with Crippen LogP contribution in [-0.4, -0.2) is 47.2 Å². The zero-order chi connectivity index (χ0) is 15.5. The molecule has 0 radical (unpaired) electrons. The zero-order valence-corrected chi connectivity index (χ0v) is 13.7. The van der Waals surface area contributed by atoms with Gasteiger partial charge in [-0.25, -0.2) is 4.39 Å². The molecule has 1 aromatic carbocycles. The number of aromatic nitrogens is 2. The van der Waals surface area contributed by atoms with Crippen molar-refractivity contribution >= 4 is 18.3 Å². The number of nitrogens with one attached hydrogen (secondary N) is 2. The number of carbonyl (C=O) groups excluding carboxylic acids is 1. The van der Waals surface area contributed by atoms with Crippen LogP contribution >= 0.6 is 12.4 Å². The molecule has 1 atom stereocenters. The highest BCUT2D eigenvalue weighted by atomic mass is 35.5. The Morgan fingerprint density at radius 3 is 2.96 bits per heavy atom. The fraction of sp³-hybridized carbons (Fsp3) is 0.375. The van der Waals surface area contributed by atoms with Crippen LogP contribution in [0.15, 0.2) is 30.5 Å². The van der Waals surface area contributed by atoms with Gasteiger partial charge in [-0.1, -0.05) is 12.1 Å². The summed E-state index contributed by atoms with van der Waals surface area (Å²) in [6.45, 7) is 1.39. The minimum atomic E-state index is -0.368. The smallest absolute Gasteiger partial charge is 0.257 e. The predicted molar refractivity (Wildman–Crippen MR) is 89.2 cm³/mol. The number of hydrogen-bond donors (Lipinski definition) is 2. The second-order valence-corrected chi connectivity index (χ2v) is 5.52. The monoisotopic (exact) mass is 338 g/mol. The molecular weight excluding hydrogens is 319 g/mol. The molecule has 1 fully saturated rings. The molecule has 5 nitrogen and oxygen atoms in total. The van der Waals surface area contributed by atoms with E-state index in [-0.39, 0.29) is 24.1 Å². The first-order chi connectivity index (χ1) is 10.7. The molecule has 124 valence electrons. The molecule has 3 rings (SSSR count). The quantitative estimate of drug-likeness (QED) is 0.903. The van der Waals surface area contributed by atoms with E-state index < -0.39 is 0 Å². The van der Waals surface area contributed by atoms with E-state index in [4.69, 9.17) is 0 Å². The molecule has 23 heavy (non-hydrogen) atoms. The summed E-state index contributed by atoms with van der Waals surface area (Å²) < 4.78 is 14.0. The number of rotatable bonds is 3. The molecule has 2 N–H and O–H groups in total. The van der Waals surface area contributed by atoms with Crippen LogP contribution in [0.5, 0.6) is 0 Å². The van der Waals surface area contributed by atoms with E-state index in [0.29, 0.717) is 29.4 Å². The van der Waals surface area contributed by atoms with Gasteiger partial charge in [0.25, 0.3) is 5.91 Å². The van der Waals surface area contributed by atoms with Crippen molar-refractivity contribution < 1.29 is 9.18 Å². The Bertz CT molecular complexity index is 676. The van der Waals surface area contributed by atoms with Crippen LogP contribution < -0.4 is 5.32 Å². The van der Waals surface area contributed by atoms with Crippen molar-refractivity contribution in [1.82, 2.24) is 20.4 Å². The number of likely N-dealkylation sites (tertiary alicyclic amines) is 1. The van der Waals surface area contributed by atoms with Gasteiger partial charge in [0.05, 0.1) is 17.5 Å². The highest BCUT2D eigenvalue weighted by Gasteiger charge is 2.26. The van der Waals surface area contributed by atoms with Crippen molar-refractivity contribution in [2.75, 3.05) is 20.1 Å². The highest BCUT2D eigenvalue weighted by Crippen LogP contribution is 2.25. The number of benzene rings is 1. The summed E-state index contributed by atoms with van der Waals surface area (Å²) in [6, 6.07) is 6.69. The normalized spacial score (nSPS) is 17.7. The number of nitrogens with zero attached hydrogens (tertiary/aromatic N) is 2. The van der Waals surface area contributed by atoms with E-state index in [1.165, 1.54) is 12.3 Å². The van der Waals surface area contributed by atoms with Crippen LogP contribution in [-0.2, 0) is 0 Å². The minimum Gasteiger partial charge on any atom is -0.337 e. The molecule has 1 saturated heterocycles. The van der Waals surface area contributed by atoms with Crippen LogP contribution in [0.4, 0.5) is 4.39 Å². The summed E-state index contributed by atoms with van der Waals surface area (Å²) in [4.78, 5) is 14.5. The fourth-order valence-corrected chi connectivity index (χ4v) is 2.89. The van der Waals surface area contributed by atoms with Gasteiger partial charge >= 0.3 is 0 Å². The molecule has 2 aromatic rings. The number of aromatic amines is 1. The molecule has 0 saturated carbocycles. The first kappa shape index (κ1) is 17.4. The van der Waals surface area contributed by atoms with Gasteiger partial charge in [0.2, 0.25) is 0 Å². The molecule has 0 spiro atoms. The van der Waals surface area contributed by atoms with E-state index in [9.17, 15) is 9.18 Å². The molecule has 1 aliphatic rings. The van der Waals surface area contributed by atoms with Gasteiger partial charge in [-0.05, 0) is 32.0 Å². The number of piperidine rings is 1. The van der Waals surface area contributed by atoms with Gasteiger partial charge < -0.3 is 10.2 Å². The Hall–Kier alpha value is -1.92. The molecule has 1 aliphatic heterocycles. The Balaban J connectivity index is 0.00000192. The Morgan fingerprint density at radius 1 is 1.43 bits per heavy atom. The van der Waals surface area contributed by atoms with Gasteiger partial charge in [-0.2, -0.15) is 5.10 Å². The van der Waals surface area contributed by atoms with Gasteiger partial charge in [-0.3, -0.25) is 9.89 Å². The van der Waals surface area contributed by atoms with Crippen LogP contribution in [0.25, 0.3) is 11.3 Å². The van der Waals surface area contributed by atoms with Gasteiger partial charge in [0, 0.05) is 24.7 Å². The number of H-pyrrole nitrogens is 1. The third-order valence-corrected chi connectivity index (χ3v) is 4.13. The van der Waals surface area contributed by atoms with Crippen LogP contribution in [0.2, 0.25) is 0 Å². The molecule has 2 heterocycles. The van der Waals surface area contributed by atoms with E-state index in [2.05, 4.69) is 15.5 Å². The lowest BCUT2D eigenvalue weighted by atomic mass is 10.0. The summed E-state index contributed by atoms with van der Waals surface area (Å²) in [6.07, 6.45) is 3.50. The largest absolute Gasteiger partial charge is 0.337 e. The van der Waals surface area contributed by atoms with Gasteiger partial charge in [0.1, 0.15) is 5.82 Å². The van der Waals surface area contributed by atoms with Gasteiger partial charge in [-0.15, -0.1) is 12.4 Å². The van der Waals surface area contributed by atoms with Crippen molar-refractivity contribution in [2.24, 2.45) is 0 Å². The Morgan fingerprint density at radius 2 is 2.22 bits per heavy atom. The lowest BCUT2D eigenvalue weighted by Gasteiger charge is -2.32. The molecule has 0 aliphatic carbocycles. The minimum absolute atomic E-state index is 0. The topological polar surface area (TPSA) is 61.0 Å². The molecule has 1 aromatic heterocycles. The maximum Gasteiger partial charge on any atom is 0.257 e.